The first kappa shape index (κ1) is 26.0. The van der Waals surface area contributed by atoms with Crippen molar-refractivity contribution in [3.63, 3.8) is 0 Å². The summed E-state index contributed by atoms with van der Waals surface area (Å²) in [7, 11) is 0. The molecule has 0 radical (unpaired) electrons. The van der Waals surface area contributed by atoms with Gasteiger partial charge in [0.15, 0.2) is 0 Å². The summed E-state index contributed by atoms with van der Waals surface area (Å²) in [6.45, 7) is 5.99. The molecule has 4 aromatic carbocycles. The van der Waals surface area contributed by atoms with E-state index < -0.39 is 0 Å². The zero-order valence-corrected chi connectivity index (χ0v) is 21.6. The van der Waals surface area contributed by atoms with Crippen LogP contribution in [0.5, 0.6) is 0 Å². The summed E-state index contributed by atoms with van der Waals surface area (Å²) in [6.07, 6.45) is 9.89. The summed E-state index contributed by atoms with van der Waals surface area (Å²) in [5.41, 5.74) is 5.72. The van der Waals surface area contributed by atoms with Crippen molar-refractivity contribution in [2.75, 3.05) is 0 Å². The Morgan fingerprint density at radius 3 is 1.95 bits per heavy atom. The van der Waals surface area contributed by atoms with Crippen molar-refractivity contribution in [3.05, 3.63) is 131 Å². The Hall–Kier alpha value is -4.07. The third-order valence-corrected chi connectivity index (χ3v) is 6.51. The molecule has 4 aromatic rings. The molecular weight excluding hydrogens is 451 g/mol. The van der Waals surface area contributed by atoms with Crippen molar-refractivity contribution in [2.24, 2.45) is 0 Å². The van der Waals surface area contributed by atoms with Gasteiger partial charge in [0, 0.05) is 22.1 Å². The molecule has 37 heavy (non-hydrogen) atoms. The topological polar surface area (TPSA) is 0 Å². The van der Waals surface area contributed by atoms with Crippen molar-refractivity contribution in [1.29, 1.82) is 0 Å². The molecule has 0 saturated carbocycles. The Morgan fingerprint density at radius 1 is 0.676 bits per heavy atom. The van der Waals surface area contributed by atoms with Crippen molar-refractivity contribution in [3.8, 4) is 23.7 Å². The van der Waals surface area contributed by atoms with Gasteiger partial charge in [0.2, 0.25) is 0 Å². The fourth-order valence-electron chi connectivity index (χ4n) is 4.29. The summed E-state index contributed by atoms with van der Waals surface area (Å²) >= 11 is 0. The van der Waals surface area contributed by atoms with Crippen LogP contribution in [-0.4, -0.2) is 0 Å². The first-order valence-electron chi connectivity index (χ1n) is 13.2. The Kier molecular flexibility index (Phi) is 9.35. The highest BCUT2D eigenvalue weighted by molar-refractivity contribution is 5.85. The van der Waals surface area contributed by atoms with Gasteiger partial charge in [0.1, 0.15) is 5.82 Å². The quantitative estimate of drug-likeness (QED) is 0.133. The molecule has 0 N–H and O–H groups in total. The fourth-order valence-corrected chi connectivity index (χ4v) is 4.29. The molecule has 0 amide bonds. The first-order valence-corrected chi connectivity index (χ1v) is 13.2. The predicted molar refractivity (Wildman–Crippen MR) is 155 cm³/mol. The van der Waals surface area contributed by atoms with E-state index in [1.54, 1.807) is 6.07 Å². The zero-order chi connectivity index (χ0) is 25.9. The number of rotatable bonds is 8. The van der Waals surface area contributed by atoms with Gasteiger partial charge in [-0.15, -0.1) is 6.58 Å². The lowest BCUT2D eigenvalue weighted by atomic mass is 10.00. The smallest absolute Gasteiger partial charge is 0.146 e. The molecule has 0 heterocycles. The van der Waals surface area contributed by atoms with E-state index in [1.807, 2.05) is 48.5 Å². The molecule has 0 fully saturated rings. The van der Waals surface area contributed by atoms with Crippen LogP contribution >= 0.6 is 0 Å². The molecule has 4 rings (SSSR count). The number of benzene rings is 4. The minimum Gasteiger partial charge on any atom is -0.205 e. The fraction of sp³-hybridized carbons (Fsp3) is 0.222. The lowest BCUT2D eigenvalue weighted by Crippen LogP contribution is -1.90. The average Bonchev–Trinajstić information content (AvgIpc) is 2.94. The number of hydrogen-bond donors (Lipinski definition) is 0. The van der Waals surface area contributed by atoms with Crippen molar-refractivity contribution < 1.29 is 4.39 Å². The van der Waals surface area contributed by atoms with Gasteiger partial charge >= 0.3 is 0 Å². The van der Waals surface area contributed by atoms with E-state index >= 15 is 4.39 Å². The molecule has 1 heteroatoms. The van der Waals surface area contributed by atoms with Gasteiger partial charge in [-0.25, -0.2) is 4.39 Å². The molecule has 0 spiro atoms. The van der Waals surface area contributed by atoms with E-state index in [0.29, 0.717) is 10.9 Å². The summed E-state index contributed by atoms with van der Waals surface area (Å²) in [6, 6.07) is 25.9. The van der Waals surface area contributed by atoms with Crippen molar-refractivity contribution >= 4 is 10.8 Å². The van der Waals surface area contributed by atoms with E-state index in [4.69, 9.17) is 0 Å². The van der Waals surface area contributed by atoms with Gasteiger partial charge in [0.25, 0.3) is 0 Å². The molecule has 0 aliphatic heterocycles. The van der Waals surface area contributed by atoms with Crippen LogP contribution in [0.3, 0.4) is 0 Å². The van der Waals surface area contributed by atoms with E-state index in [9.17, 15) is 0 Å². The van der Waals surface area contributed by atoms with Crippen LogP contribution < -0.4 is 0 Å². The average molecular weight is 485 g/mol. The Labute approximate surface area is 221 Å². The number of unbranched alkanes of at least 4 members (excludes halogenated alkanes) is 3. The zero-order valence-electron chi connectivity index (χ0n) is 21.6. The van der Waals surface area contributed by atoms with E-state index in [1.165, 1.54) is 36.8 Å². The van der Waals surface area contributed by atoms with Gasteiger partial charge in [-0.2, -0.15) is 0 Å². The maximum atomic E-state index is 15.1. The highest BCUT2D eigenvalue weighted by Crippen LogP contribution is 2.23. The molecule has 0 aliphatic rings. The maximum Gasteiger partial charge on any atom is 0.146 e. The number of hydrogen-bond acceptors (Lipinski definition) is 0. The van der Waals surface area contributed by atoms with Crippen LogP contribution in [0, 0.1) is 29.5 Å². The third kappa shape index (κ3) is 7.46. The van der Waals surface area contributed by atoms with Crippen molar-refractivity contribution in [1.82, 2.24) is 0 Å². The Bertz CT molecular complexity index is 1470. The number of fused-ring (bicyclic) bond motifs is 1. The lowest BCUT2D eigenvalue weighted by molar-refractivity contribution is 0.636. The van der Waals surface area contributed by atoms with Crippen molar-refractivity contribution in [2.45, 2.75) is 51.9 Å². The molecule has 0 unspecified atom stereocenters. The van der Waals surface area contributed by atoms with Crippen LogP contribution in [-0.2, 0) is 12.8 Å². The van der Waals surface area contributed by atoms with E-state index in [0.717, 1.165) is 41.3 Å². The number of halogens is 1. The Morgan fingerprint density at radius 2 is 1.30 bits per heavy atom. The third-order valence-electron chi connectivity index (χ3n) is 6.51. The second-order valence-corrected chi connectivity index (χ2v) is 9.39. The van der Waals surface area contributed by atoms with E-state index in [-0.39, 0.29) is 5.82 Å². The summed E-state index contributed by atoms with van der Waals surface area (Å²) < 4.78 is 15.1. The Balaban J connectivity index is 1.42. The predicted octanol–water partition coefficient (Wildman–Crippen LogP) is 9.02. The van der Waals surface area contributed by atoms with Gasteiger partial charge in [-0.3, -0.25) is 0 Å². The summed E-state index contributed by atoms with van der Waals surface area (Å²) in [5.74, 6) is 12.3. The molecule has 0 aliphatic carbocycles. The molecule has 0 saturated heterocycles. The minimum absolute atomic E-state index is 0.250. The molecule has 0 atom stereocenters. The van der Waals surface area contributed by atoms with Gasteiger partial charge in [-0.1, -0.05) is 92.3 Å². The van der Waals surface area contributed by atoms with Gasteiger partial charge in [0.05, 0.1) is 5.56 Å². The normalized spacial score (nSPS) is 10.3. The largest absolute Gasteiger partial charge is 0.205 e. The second kappa shape index (κ2) is 13.3. The molecule has 0 nitrogen and oxygen atoms in total. The molecule has 0 aromatic heterocycles. The van der Waals surface area contributed by atoms with Crippen LogP contribution in [0.4, 0.5) is 4.39 Å². The highest BCUT2D eigenvalue weighted by atomic mass is 19.1. The summed E-state index contributed by atoms with van der Waals surface area (Å²) in [4.78, 5) is 0. The maximum absolute atomic E-state index is 15.1. The minimum atomic E-state index is -0.250. The lowest BCUT2D eigenvalue weighted by Gasteiger charge is -2.06. The van der Waals surface area contributed by atoms with Crippen LogP contribution in [0.2, 0.25) is 0 Å². The molecule has 184 valence electrons. The first-order chi connectivity index (χ1) is 18.2. The van der Waals surface area contributed by atoms with Gasteiger partial charge in [-0.05, 0) is 84.7 Å². The molecule has 0 bridgehead atoms. The second-order valence-electron chi connectivity index (χ2n) is 9.39. The van der Waals surface area contributed by atoms with Crippen LogP contribution in [0.15, 0.2) is 91.5 Å². The van der Waals surface area contributed by atoms with Crippen LogP contribution in [0.1, 0.15) is 72.4 Å². The number of aryl methyl sites for hydroxylation is 2. The summed E-state index contributed by atoms with van der Waals surface area (Å²) in [5, 5.41) is 1.56. The monoisotopic (exact) mass is 484 g/mol. The SMILES string of the molecule is C=CCCc1ccc(C#Cc2ccc(C#Cc3ccc4cc(CCCCCC)ccc4c3F)cc2)cc1. The highest BCUT2D eigenvalue weighted by Gasteiger charge is 2.06. The standard InChI is InChI=1S/C36H33F/c1-3-5-7-8-10-32-22-26-35-34(27-32)25-24-33(36(35)37)23-21-31-19-17-30(18-20-31)16-15-29-13-11-28(12-14-29)9-6-4-2/h4,11-14,17-20,22,24-27H,2-3,5-10H2,1H3. The molecular formula is C36H33F. The van der Waals surface area contributed by atoms with Crippen LogP contribution in [0.25, 0.3) is 10.8 Å². The van der Waals surface area contributed by atoms with E-state index in [2.05, 4.69) is 67.5 Å². The number of allylic oxidation sites excluding steroid dienone is 1. The van der Waals surface area contributed by atoms with Gasteiger partial charge < -0.3 is 0 Å².